The molecule has 0 nitrogen and oxygen atoms in total. The minimum absolute atomic E-state index is 0.903. The number of hydrogen-bond acceptors (Lipinski definition) is 0. The van der Waals surface area contributed by atoms with Crippen LogP contribution >= 0.6 is 0 Å². The van der Waals surface area contributed by atoms with Crippen molar-refractivity contribution < 1.29 is 0 Å². The van der Waals surface area contributed by atoms with Crippen LogP contribution in [0.25, 0.3) is 0 Å². The third kappa shape index (κ3) is 2.86. The second-order valence-corrected chi connectivity index (χ2v) is 24.3. The number of rotatable bonds is 1. The van der Waals surface area contributed by atoms with Gasteiger partial charge in [0.15, 0.2) is 0 Å². The first-order valence-electron chi connectivity index (χ1n) is 17.8. The molecule has 0 spiro atoms. The number of hydrogen-bond donors (Lipinski definition) is 0. The van der Waals surface area contributed by atoms with Gasteiger partial charge in [0, 0.05) is 8.07 Å². The lowest BCUT2D eigenvalue weighted by Crippen LogP contribution is -2.41. The molecule has 0 aliphatic heterocycles. The lowest BCUT2D eigenvalue weighted by atomic mass is 9.60. The van der Waals surface area contributed by atoms with Gasteiger partial charge in [-0.05, 0) is 169 Å². The summed E-state index contributed by atoms with van der Waals surface area (Å²) in [5.74, 6) is 22.4. The Hall–Kier alpha value is -0.0431. The van der Waals surface area contributed by atoms with E-state index in [2.05, 4.69) is 59.5 Å². The summed E-state index contributed by atoms with van der Waals surface area (Å²) in [7, 11) is -0.903. The Bertz CT molecular complexity index is 986. The highest BCUT2D eigenvalue weighted by Crippen LogP contribution is 2.76. The molecule has 0 aromatic rings. The van der Waals surface area contributed by atoms with Gasteiger partial charge in [0.1, 0.15) is 0 Å². The van der Waals surface area contributed by atoms with E-state index in [4.69, 9.17) is 0 Å². The third-order valence-electron chi connectivity index (χ3n) is 17.7. The Morgan fingerprint density at radius 2 is 0.842 bits per heavy atom. The Morgan fingerprint density at radius 1 is 0.447 bits per heavy atom. The molecule has 10 aliphatic carbocycles. The molecule has 10 rings (SSSR count). The van der Waals surface area contributed by atoms with Crippen molar-refractivity contribution in [2.75, 3.05) is 0 Å². The Labute approximate surface area is 236 Å². The van der Waals surface area contributed by atoms with Crippen molar-refractivity contribution in [3.05, 3.63) is 12.2 Å². The zero-order chi connectivity index (χ0) is 26.0. The van der Waals surface area contributed by atoms with Gasteiger partial charge >= 0.3 is 0 Å². The summed E-state index contributed by atoms with van der Waals surface area (Å²) in [6.07, 6.45) is 16.3. The summed E-state index contributed by atoms with van der Waals surface area (Å²) in [6.45, 7) is 18.2. The van der Waals surface area contributed by atoms with Crippen molar-refractivity contribution in [3.8, 4) is 0 Å². The van der Waals surface area contributed by atoms with Crippen molar-refractivity contribution in [2.45, 2.75) is 97.8 Å². The van der Waals surface area contributed by atoms with Crippen LogP contribution in [0.1, 0.15) is 72.6 Å². The van der Waals surface area contributed by atoms with Gasteiger partial charge in [-0.2, -0.15) is 0 Å². The van der Waals surface area contributed by atoms with Crippen LogP contribution in [0.2, 0.25) is 25.2 Å². The molecule has 210 valence electrons. The quantitative estimate of drug-likeness (QED) is 0.180. The van der Waals surface area contributed by atoms with E-state index < -0.39 is 8.07 Å². The van der Waals surface area contributed by atoms with Crippen molar-refractivity contribution in [1.82, 2.24) is 0 Å². The minimum atomic E-state index is -0.903. The van der Waals surface area contributed by atoms with Crippen molar-refractivity contribution >= 4 is 8.07 Å². The van der Waals surface area contributed by atoms with Crippen molar-refractivity contribution in [2.24, 2.45) is 118 Å². The van der Waals surface area contributed by atoms with Crippen LogP contribution in [0.5, 0.6) is 0 Å². The fourth-order valence-electron chi connectivity index (χ4n) is 16.1. The maximum Gasteiger partial charge on any atom is 0.0474 e. The normalized spacial score (nSPS) is 66.8. The summed E-state index contributed by atoms with van der Waals surface area (Å²) in [4.78, 5) is 0. The van der Waals surface area contributed by atoms with E-state index in [1.165, 1.54) is 41.9 Å². The molecule has 9 saturated carbocycles. The molecule has 0 amide bonds. The predicted molar refractivity (Wildman–Crippen MR) is 161 cm³/mol. The Balaban J connectivity index is 0.000000114. The van der Waals surface area contributed by atoms with Gasteiger partial charge < -0.3 is 0 Å². The van der Waals surface area contributed by atoms with Crippen LogP contribution in [0.15, 0.2) is 12.2 Å². The molecule has 38 heavy (non-hydrogen) atoms. The average Bonchev–Trinajstić information content (AvgIpc) is 3.69. The van der Waals surface area contributed by atoms with Crippen molar-refractivity contribution in [3.63, 3.8) is 0 Å². The van der Waals surface area contributed by atoms with Gasteiger partial charge in [-0.3, -0.25) is 0 Å². The minimum Gasteiger partial charge on any atom is -0.0879 e. The van der Waals surface area contributed by atoms with Gasteiger partial charge in [-0.15, -0.1) is 0 Å². The molecule has 0 aromatic heterocycles. The second-order valence-electron chi connectivity index (χ2n) is 18.8. The fraction of sp³-hybridized carbons (Fsp3) is 0.946. The summed E-state index contributed by atoms with van der Waals surface area (Å²) >= 11 is 0. The van der Waals surface area contributed by atoms with Crippen LogP contribution in [0, 0.1) is 118 Å². The SMILES string of the molecule is CC1C(C)C2CC1C1C3CC(C4CC([Si](C)(C)C)CC43)C21.CC1C(C)C2CC1C1C3CC(C4CC=CC43)C21. The molecule has 0 radical (unpaired) electrons. The molecule has 0 aromatic carbocycles. The molecule has 0 N–H and O–H groups in total. The topological polar surface area (TPSA) is 0 Å². The first kappa shape index (κ1) is 24.5. The van der Waals surface area contributed by atoms with E-state index in [9.17, 15) is 0 Å². The van der Waals surface area contributed by atoms with Crippen LogP contribution in [0.3, 0.4) is 0 Å². The average molecular weight is 531 g/mol. The van der Waals surface area contributed by atoms with E-state index in [-0.39, 0.29) is 0 Å². The fourth-order valence-corrected chi connectivity index (χ4v) is 18.0. The van der Waals surface area contributed by atoms with E-state index in [0.717, 1.165) is 88.4 Å². The standard InChI is InChI=1S/C20H34Si.C17H24/c1-10-11(2)14-8-13(10)19-17-9-18(20(14)19)16-7-12(6-15(16)17)21(3,4)5;1-8-9(2)13-6-12(8)16-14-7-15(17(13)16)11-5-3-4-10(11)14/h10-20H,6-9H2,1-5H3;3-4,8-17H,5-7H2,1-2H3. The van der Waals surface area contributed by atoms with Crippen LogP contribution in [-0.2, 0) is 0 Å². The van der Waals surface area contributed by atoms with Crippen molar-refractivity contribution in [1.29, 1.82) is 0 Å². The van der Waals surface area contributed by atoms with E-state index >= 15 is 0 Å². The highest BCUT2D eigenvalue weighted by Gasteiger charge is 2.70. The lowest BCUT2D eigenvalue weighted by molar-refractivity contribution is 0.0239. The zero-order valence-corrected chi connectivity index (χ0v) is 26.7. The smallest absolute Gasteiger partial charge is 0.0474 e. The predicted octanol–water partition coefficient (Wildman–Crippen LogP) is 9.51. The van der Waals surface area contributed by atoms with Crippen LogP contribution in [-0.4, -0.2) is 8.07 Å². The van der Waals surface area contributed by atoms with Crippen LogP contribution < -0.4 is 0 Å². The van der Waals surface area contributed by atoms with Gasteiger partial charge in [0.25, 0.3) is 0 Å². The highest BCUT2D eigenvalue weighted by molar-refractivity contribution is 6.77. The van der Waals surface area contributed by atoms with Gasteiger partial charge in [-0.25, -0.2) is 0 Å². The molecule has 0 saturated heterocycles. The summed E-state index contributed by atoms with van der Waals surface area (Å²) in [5, 5.41) is 0. The highest BCUT2D eigenvalue weighted by atomic mass is 28.3. The van der Waals surface area contributed by atoms with Crippen LogP contribution in [0.4, 0.5) is 0 Å². The Kier molecular flexibility index (Phi) is 5.08. The van der Waals surface area contributed by atoms with Gasteiger partial charge in [0.2, 0.25) is 0 Å². The molecular weight excluding hydrogens is 472 g/mol. The monoisotopic (exact) mass is 530 g/mol. The molecule has 9 fully saturated rings. The third-order valence-corrected chi connectivity index (χ3v) is 20.6. The first-order valence-corrected chi connectivity index (χ1v) is 21.4. The summed E-state index contributed by atoms with van der Waals surface area (Å²) in [5.41, 5.74) is 1.16. The molecule has 0 heterocycles. The zero-order valence-electron chi connectivity index (χ0n) is 25.7. The van der Waals surface area contributed by atoms with E-state index in [1.54, 1.807) is 38.5 Å². The number of allylic oxidation sites excluding steroid dienone is 2. The largest absolute Gasteiger partial charge is 0.0879 e. The Morgan fingerprint density at radius 3 is 1.32 bits per heavy atom. The van der Waals surface area contributed by atoms with Gasteiger partial charge in [0.05, 0.1) is 0 Å². The molecule has 10 aliphatic rings. The molecule has 20 atom stereocenters. The lowest BCUT2D eigenvalue weighted by Gasteiger charge is -2.45. The molecule has 8 bridgehead atoms. The molecular formula is C37H58Si. The molecule has 20 unspecified atom stereocenters. The maximum absolute atomic E-state index is 2.63. The first-order chi connectivity index (χ1) is 18.1. The molecule has 1 heteroatoms. The maximum atomic E-state index is 2.63. The van der Waals surface area contributed by atoms with Gasteiger partial charge in [-0.1, -0.05) is 59.5 Å². The summed E-state index contributed by atoms with van der Waals surface area (Å²) in [6, 6.07) is 0. The second kappa shape index (κ2) is 7.86. The number of fused-ring (bicyclic) bond motifs is 24. The van der Waals surface area contributed by atoms with E-state index in [0.29, 0.717) is 0 Å². The summed E-state index contributed by atoms with van der Waals surface area (Å²) < 4.78 is 0. The van der Waals surface area contributed by atoms with E-state index in [1.807, 2.05) is 0 Å².